The fourth-order valence-electron chi connectivity index (χ4n) is 3.02. The zero-order chi connectivity index (χ0) is 21.0. The molecule has 0 spiro atoms. The first kappa shape index (κ1) is 21.0. The molecular weight excluding hydrogens is 362 g/mol. The second-order valence-electron chi connectivity index (χ2n) is 6.44. The van der Waals surface area contributed by atoms with Crippen molar-refractivity contribution in [2.45, 2.75) is 33.7 Å². The molecule has 1 aromatic heterocycles. The third kappa shape index (κ3) is 4.33. The number of aryl methyl sites for hydroxylation is 1. The van der Waals surface area contributed by atoms with Crippen LogP contribution in [0, 0.1) is 13.8 Å². The number of hydrogen-bond acceptors (Lipinski definition) is 6. The number of benzene rings is 1. The minimum absolute atomic E-state index is 0.201. The van der Waals surface area contributed by atoms with Gasteiger partial charge in [-0.05, 0) is 44.5 Å². The van der Waals surface area contributed by atoms with Gasteiger partial charge in [0, 0.05) is 18.3 Å². The molecule has 0 fully saturated rings. The van der Waals surface area contributed by atoms with E-state index in [-0.39, 0.29) is 11.7 Å². The van der Waals surface area contributed by atoms with Gasteiger partial charge in [-0.3, -0.25) is 9.59 Å². The predicted octanol–water partition coefficient (Wildman–Crippen LogP) is 3.07. The van der Waals surface area contributed by atoms with Gasteiger partial charge in [-0.25, -0.2) is 4.79 Å². The standard InChI is InChI=1S/C20H25N3O5/c1-10-17(20(26)28-6)11(2)22-18(10)19(25)12(3)21-15-9-14(23-13(4)24)7-8-16(15)27-5/h7-9,12,21-22H,1-6H3,(H,23,24)/t12-/m0/s1. The van der Waals surface area contributed by atoms with Crippen LogP contribution in [0.15, 0.2) is 18.2 Å². The quantitative estimate of drug-likeness (QED) is 0.498. The number of anilines is 2. The molecular formula is C20H25N3O5. The van der Waals surface area contributed by atoms with Crippen molar-refractivity contribution in [1.82, 2.24) is 4.98 Å². The molecule has 0 aliphatic carbocycles. The van der Waals surface area contributed by atoms with E-state index in [1.54, 1.807) is 39.0 Å². The fourth-order valence-corrected chi connectivity index (χ4v) is 3.02. The summed E-state index contributed by atoms with van der Waals surface area (Å²) in [5, 5.41) is 5.80. The van der Waals surface area contributed by atoms with E-state index < -0.39 is 12.0 Å². The Morgan fingerprint density at radius 3 is 2.39 bits per heavy atom. The molecule has 1 aromatic carbocycles. The lowest BCUT2D eigenvalue weighted by molar-refractivity contribution is -0.114. The van der Waals surface area contributed by atoms with Crippen molar-refractivity contribution in [3.63, 3.8) is 0 Å². The van der Waals surface area contributed by atoms with Gasteiger partial charge in [-0.15, -0.1) is 0 Å². The van der Waals surface area contributed by atoms with Crippen molar-refractivity contribution in [2.24, 2.45) is 0 Å². The lowest BCUT2D eigenvalue weighted by atomic mass is 10.0. The van der Waals surface area contributed by atoms with Gasteiger partial charge in [0.05, 0.1) is 37.2 Å². The van der Waals surface area contributed by atoms with E-state index >= 15 is 0 Å². The number of carbonyl (C=O) groups is 3. The lowest BCUT2D eigenvalue weighted by Crippen LogP contribution is -2.27. The highest BCUT2D eigenvalue weighted by Crippen LogP contribution is 2.29. The number of rotatable bonds is 7. The number of carbonyl (C=O) groups excluding carboxylic acids is 3. The molecule has 0 bridgehead atoms. The van der Waals surface area contributed by atoms with E-state index in [1.165, 1.54) is 21.1 Å². The third-order valence-electron chi connectivity index (χ3n) is 4.36. The Hall–Kier alpha value is -3.29. The summed E-state index contributed by atoms with van der Waals surface area (Å²) in [5.74, 6) is -0.380. The largest absolute Gasteiger partial charge is 0.495 e. The summed E-state index contributed by atoms with van der Waals surface area (Å²) >= 11 is 0. The Balaban J connectivity index is 2.30. The summed E-state index contributed by atoms with van der Waals surface area (Å²) < 4.78 is 10.1. The highest BCUT2D eigenvalue weighted by molar-refractivity contribution is 6.05. The second kappa shape index (κ2) is 8.60. The molecule has 2 aromatic rings. The topological polar surface area (TPSA) is 110 Å². The third-order valence-corrected chi connectivity index (χ3v) is 4.36. The molecule has 0 saturated carbocycles. The molecule has 1 atom stereocenters. The number of hydrogen-bond donors (Lipinski definition) is 3. The van der Waals surface area contributed by atoms with E-state index in [0.29, 0.717) is 39.6 Å². The molecule has 8 nitrogen and oxygen atoms in total. The number of aromatic amines is 1. The molecule has 0 aliphatic heterocycles. The van der Waals surface area contributed by atoms with Gasteiger partial charge >= 0.3 is 5.97 Å². The van der Waals surface area contributed by atoms with Gasteiger partial charge in [0.25, 0.3) is 0 Å². The molecule has 1 amide bonds. The first-order chi connectivity index (χ1) is 13.2. The maximum absolute atomic E-state index is 13.0. The smallest absolute Gasteiger partial charge is 0.339 e. The molecule has 0 radical (unpaired) electrons. The number of methoxy groups -OCH3 is 2. The van der Waals surface area contributed by atoms with E-state index in [9.17, 15) is 14.4 Å². The van der Waals surface area contributed by atoms with Crippen molar-refractivity contribution in [2.75, 3.05) is 24.9 Å². The zero-order valence-electron chi connectivity index (χ0n) is 16.9. The zero-order valence-corrected chi connectivity index (χ0v) is 16.9. The van der Waals surface area contributed by atoms with Crippen LogP contribution in [0.25, 0.3) is 0 Å². The van der Waals surface area contributed by atoms with Crippen molar-refractivity contribution in [3.05, 3.63) is 40.7 Å². The normalized spacial score (nSPS) is 11.5. The van der Waals surface area contributed by atoms with Crippen LogP contribution in [0.2, 0.25) is 0 Å². The van der Waals surface area contributed by atoms with Crippen LogP contribution in [0.1, 0.15) is 46.0 Å². The summed E-state index contributed by atoms with van der Waals surface area (Å²) in [4.78, 5) is 39.2. The van der Waals surface area contributed by atoms with Gasteiger partial charge in [0.1, 0.15) is 5.75 Å². The van der Waals surface area contributed by atoms with Crippen molar-refractivity contribution < 1.29 is 23.9 Å². The SMILES string of the molecule is COC(=O)c1c(C)[nH]c(C(=O)[C@H](C)Nc2cc(NC(C)=O)ccc2OC)c1C. The molecule has 8 heteroatoms. The first-order valence-electron chi connectivity index (χ1n) is 8.73. The van der Waals surface area contributed by atoms with Gasteiger partial charge in [-0.2, -0.15) is 0 Å². The molecule has 28 heavy (non-hydrogen) atoms. The number of H-pyrrole nitrogens is 1. The molecule has 150 valence electrons. The Kier molecular flexibility index (Phi) is 6.45. The van der Waals surface area contributed by atoms with Crippen LogP contribution in [0.4, 0.5) is 11.4 Å². The summed E-state index contributed by atoms with van der Waals surface area (Å²) in [6.45, 7) is 6.54. The van der Waals surface area contributed by atoms with Gasteiger partial charge < -0.3 is 25.1 Å². The van der Waals surface area contributed by atoms with Crippen LogP contribution in [0.5, 0.6) is 5.75 Å². The van der Waals surface area contributed by atoms with Crippen molar-refractivity contribution >= 4 is 29.0 Å². The molecule has 0 saturated heterocycles. The molecule has 2 rings (SSSR count). The monoisotopic (exact) mass is 387 g/mol. The molecule has 0 aliphatic rings. The Labute approximate surface area is 163 Å². The summed E-state index contributed by atoms with van der Waals surface area (Å²) in [6.07, 6.45) is 0. The summed E-state index contributed by atoms with van der Waals surface area (Å²) in [7, 11) is 2.82. The van der Waals surface area contributed by atoms with E-state index in [4.69, 9.17) is 9.47 Å². The highest BCUT2D eigenvalue weighted by Gasteiger charge is 2.26. The Morgan fingerprint density at radius 2 is 1.82 bits per heavy atom. The van der Waals surface area contributed by atoms with E-state index in [0.717, 1.165) is 0 Å². The average molecular weight is 387 g/mol. The number of esters is 1. The summed E-state index contributed by atoms with van der Waals surface area (Å²) in [6, 6.07) is 4.48. The lowest BCUT2D eigenvalue weighted by Gasteiger charge is -2.18. The van der Waals surface area contributed by atoms with E-state index in [1.807, 2.05) is 0 Å². The number of Topliss-reactive ketones (excluding diaryl/α,β-unsaturated/α-hetero) is 1. The maximum atomic E-state index is 13.0. The Bertz CT molecular complexity index is 917. The van der Waals surface area contributed by atoms with Crippen LogP contribution >= 0.6 is 0 Å². The van der Waals surface area contributed by atoms with Crippen molar-refractivity contribution in [3.8, 4) is 5.75 Å². The highest BCUT2D eigenvalue weighted by atomic mass is 16.5. The van der Waals surface area contributed by atoms with Gasteiger partial charge in [0.2, 0.25) is 11.7 Å². The fraction of sp³-hybridized carbons (Fsp3) is 0.350. The minimum Gasteiger partial charge on any atom is -0.495 e. The van der Waals surface area contributed by atoms with Gasteiger partial charge in [-0.1, -0.05) is 0 Å². The van der Waals surface area contributed by atoms with Crippen LogP contribution in [0.3, 0.4) is 0 Å². The van der Waals surface area contributed by atoms with Crippen LogP contribution in [-0.2, 0) is 9.53 Å². The number of aromatic nitrogens is 1. The average Bonchev–Trinajstić information content (AvgIpc) is 2.94. The first-order valence-corrected chi connectivity index (χ1v) is 8.73. The Morgan fingerprint density at radius 1 is 1.14 bits per heavy atom. The van der Waals surface area contributed by atoms with Crippen LogP contribution < -0.4 is 15.4 Å². The second-order valence-corrected chi connectivity index (χ2v) is 6.44. The number of nitrogens with one attached hydrogen (secondary N) is 3. The molecule has 1 heterocycles. The molecule has 0 unspecified atom stereocenters. The molecule has 3 N–H and O–H groups in total. The van der Waals surface area contributed by atoms with E-state index in [2.05, 4.69) is 15.6 Å². The number of ether oxygens (including phenoxy) is 2. The number of ketones is 1. The maximum Gasteiger partial charge on any atom is 0.339 e. The summed E-state index contributed by atoms with van der Waals surface area (Å²) in [5.41, 5.74) is 2.96. The minimum atomic E-state index is -0.622. The predicted molar refractivity (Wildman–Crippen MR) is 106 cm³/mol. The van der Waals surface area contributed by atoms with Gasteiger partial charge in [0.15, 0.2) is 0 Å². The van der Waals surface area contributed by atoms with Crippen molar-refractivity contribution in [1.29, 1.82) is 0 Å². The van der Waals surface area contributed by atoms with Crippen LogP contribution in [-0.4, -0.2) is 42.9 Å². The number of amides is 1.